The molecule has 0 unspecified atom stereocenters. The summed E-state index contributed by atoms with van der Waals surface area (Å²) >= 11 is 0. The molecule has 1 heterocycles. The van der Waals surface area contributed by atoms with Gasteiger partial charge in [-0.3, -0.25) is 4.98 Å². The number of carbonyl (C=O) groups is 1. The minimum atomic E-state index is 0.00644. The normalized spacial score (nSPS) is 20.8. The number of hydrogen-bond acceptors (Lipinski definition) is 3. The Morgan fingerprint density at radius 3 is 2.16 bits per heavy atom. The lowest BCUT2D eigenvalue weighted by Crippen LogP contribution is -2.34. The summed E-state index contributed by atoms with van der Waals surface area (Å²) in [5.41, 5.74) is 9.09. The van der Waals surface area contributed by atoms with Crippen molar-refractivity contribution in [3.63, 3.8) is 0 Å². The van der Waals surface area contributed by atoms with Crippen molar-refractivity contribution >= 4 is 11.9 Å². The van der Waals surface area contributed by atoms with Gasteiger partial charge in [0.25, 0.3) is 0 Å². The van der Waals surface area contributed by atoms with Gasteiger partial charge < -0.3 is 9.90 Å². The van der Waals surface area contributed by atoms with Crippen LogP contribution in [-0.4, -0.2) is 16.4 Å². The Morgan fingerprint density at radius 1 is 1.00 bits per heavy atom. The molecule has 2 aliphatic carbocycles. The van der Waals surface area contributed by atoms with Crippen LogP contribution in [0.3, 0.4) is 0 Å². The molecule has 170 valence electrons. The zero-order chi connectivity index (χ0) is 23.3. The number of pyridine rings is 1. The molecule has 0 saturated heterocycles. The molecule has 0 spiro atoms. The molecule has 2 aliphatic rings. The monoisotopic (exact) mass is 431 g/mol. The number of hydrogen-bond donors (Lipinski definition) is 1. The maximum Gasteiger partial charge on any atom is 0.120 e. The molecular weight excluding hydrogens is 394 g/mol. The van der Waals surface area contributed by atoms with Crippen molar-refractivity contribution < 1.29 is 9.90 Å². The number of aliphatic hydroxyl groups is 1. The van der Waals surface area contributed by atoms with E-state index in [-0.39, 0.29) is 22.0 Å². The van der Waals surface area contributed by atoms with Crippen molar-refractivity contribution in [2.45, 2.75) is 96.3 Å². The van der Waals surface area contributed by atoms with E-state index in [0.29, 0.717) is 12.8 Å². The number of aldehydes is 1. The Balaban J connectivity index is 1.72. The van der Waals surface area contributed by atoms with Crippen LogP contribution in [0.15, 0.2) is 36.2 Å². The van der Waals surface area contributed by atoms with Crippen LogP contribution in [0.2, 0.25) is 0 Å². The molecule has 32 heavy (non-hydrogen) atoms. The highest BCUT2D eigenvalue weighted by Gasteiger charge is 2.49. The number of nitrogens with zero attached hydrogens (tertiary/aromatic N) is 1. The fourth-order valence-corrected chi connectivity index (χ4v) is 5.47. The van der Waals surface area contributed by atoms with Gasteiger partial charge in [-0.2, -0.15) is 0 Å². The number of carbonyl (C=O) groups excluding carboxylic acids is 1. The zero-order valence-corrected chi connectivity index (χ0v) is 20.5. The van der Waals surface area contributed by atoms with Gasteiger partial charge in [-0.1, -0.05) is 45.9 Å². The van der Waals surface area contributed by atoms with Gasteiger partial charge in [-0.05, 0) is 89.8 Å². The molecule has 0 radical (unpaired) electrons. The summed E-state index contributed by atoms with van der Waals surface area (Å²) in [6.45, 7) is 13.7. The highest BCUT2D eigenvalue weighted by molar-refractivity contribution is 5.66. The lowest BCUT2D eigenvalue weighted by molar-refractivity contribution is -0.107. The summed E-state index contributed by atoms with van der Waals surface area (Å²) in [7, 11) is 0. The second-order valence-corrected chi connectivity index (χ2v) is 11.3. The van der Waals surface area contributed by atoms with Gasteiger partial charge in [0.2, 0.25) is 0 Å². The third-order valence-electron chi connectivity index (χ3n) is 8.08. The van der Waals surface area contributed by atoms with E-state index in [4.69, 9.17) is 4.98 Å². The van der Waals surface area contributed by atoms with E-state index in [0.717, 1.165) is 36.0 Å². The van der Waals surface area contributed by atoms with Crippen molar-refractivity contribution in [2.24, 2.45) is 0 Å². The van der Waals surface area contributed by atoms with Gasteiger partial charge in [-0.15, -0.1) is 0 Å². The highest BCUT2D eigenvalue weighted by atomic mass is 16.3. The first-order valence-corrected chi connectivity index (χ1v) is 12.0. The Bertz CT molecular complexity index is 1070. The molecule has 4 rings (SSSR count). The van der Waals surface area contributed by atoms with Gasteiger partial charge in [0.15, 0.2) is 0 Å². The molecular formula is C29H37NO2. The fourth-order valence-electron chi connectivity index (χ4n) is 5.47. The SMILES string of the molecule is C/C(=C(/O)CCC=O)c1ccc(C2(c3cc4c(cc3C)C(C)(C)CCC4(C)C)CC2)nc1. The summed E-state index contributed by atoms with van der Waals surface area (Å²) < 4.78 is 0. The van der Waals surface area contributed by atoms with Gasteiger partial charge in [0, 0.05) is 24.5 Å². The summed E-state index contributed by atoms with van der Waals surface area (Å²) in [5, 5.41) is 10.3. The van der Waals surface area contributed by atoms with E-state index in [2.05, 4.69) is 58.9 Å². The lowest BCUT2D eigenvalue weighted by atomic mass is 9.62. The largest absolute Gasteiger partial charge is 0.512 e. The molecule has 1 N–H and O–H groups in total. The third kappa shape index (κ3) is 3.80. The van der Waals surface area contributed by atoms with Crippen LogP contribution in [-0.2, 0) is 21.0 Å². The van der Waals surface area contributed by atoms with Crippen LogP contribution < -0.4 is 0 Å². The summed E-state index contributed by atoms with van der Waals surface area (Å²) in [5.74, 6) is 0.267. The summed E-state index contributed by atoms with van der Waals surface area (Å²) in [6, 6.07) is 9.16. The Morgan fingerprint density at radius 2 is 1.62 bits per heavy atom. The number of aliphatic hydroxyl groups excluding tert-OH is 1. The predicted molar refractivity (Wildman–Crippen MR) is 131 cm³/mol. The summed E-state index contributed by atoms with van der Waals surface area (Å²) in [6.07, 6.45) is 8.13. The van der Waals surface area contributed by atoms with E-state index < -0.39 is 0 Å². The first kappa shape index (κ1) is 22.8. The van der Waals surface area contributed by atoms with Crippen LogP contribution in [0.4, 0.5) is 0 Å². The highest BCUT2D eigenvalue weighted by Crippen LogP contribution is 2.56. The average molecular weight is 432 g/mol. The quantitative estimate of drug-likeness (QED) is 0.392. The van der Waals surface area contributed by atoms with Gasteiger partial charge >= 0.3 is 0 Å². The summed E-state index contributed by atoms with van der Waals surface area (Å²) in [4.78, 5) is 15.5. The molecule has 3 nitrogen and oxygen atoms in total. The van der Waals surface area contributed by atoms with Crippen molar-refractivity contribution in [1.29, 1.82) is 0 Å². The second kappa shape index (κ2) is 7.86. The Hall–Kier alpha value is -2.42. The number of fused-ring (bicyclic) bond motifs is 1. The van der Waals surface area contributed by atoms with Crippen LogP contribution in [0.1, 0.15) is 107 Å². The molecule has 0 aliphatic heterocycles. The van der Waals surface area contributed by atoms with Gasteiger partial charge in [0.05, 0.1) is 11.5 Å². The van der Waals surface area contributed by atoms with E-state index >= 15 is 0 Å². The van der Waals surface area contributed by atoms with E-state index in [1.54, 1.807) is 0 Å². The van der Waals surface area contributed by atoms with Gasteiger partial charge in [-0.25, -0.2) is 0 Å². The molecule has 3 heteroatoms. The lowest BCUT2D eigenvalue weighted by Gasteiger charge is -2.43. The minimum absolute atomic E-state index is 0.00644. The van der Waals surface area contributed by atoms with Crippen LogP contribution in [0, 0.1) is 6.92 Å². The molecule has 1 aromatic heterocycles. The molecule has 0 amide bonds. The molecule has 1 fully saturated rings. The van der Waals surface area contributed by atoms with E-state index in [1.807, 2.05) is 13.1 Å². The first-order chi connectivity index (χ1) is 15.0. The number of benzene rings is 1. The van der Waals surface area contributed by atoms with Crippen LogP contribution >= 0.6 is 0 Å². The first-order valence-electron chi connectivity index (χ1n) is 12.0. The smallest absolute Gasteiger partial charge is 0.120 e. The average Bonchev–Trinajstić information content (AvgIpc) is 3.56. The van der Waals surface area contributed by atoms with Crippen molar-refractivity contribution in [1.82, 2.24) is 4.98 Å². The molecule has 0 bridgehead atoms. The van der Waals surface area contributed by atoms with E-state index in [1.165, 1.54) is 35.1 Å². The topological polar surface area (TPSA) is 50.2 Å². The standard InChI is InChI=1S/C29H37NO2/c1-19-16-23-24(28(5,6)12-11-27(23,3)4)17-22(19)29(13-14-29)26-10-9-21(18-30-26)20(2)25(32)8-7-15-31/h9-10,15-18,32H,7-8,11-14H2,1-6H3/b25-20-. The maximum atomic E-state index is 10.6. The molecule has 1 saturated carbocycles. The number of rotatable bonds is 6. The zero-order valence-electron chi connectivity index (χ0n) is 20.5. The van der Waals surface area contributed by atoms with Crippen LogP contribution in [0.25, 0.3) is 5.57 Å². The predicted octanol–water partition coefficient (Wildman–Crippen LogP) is 7.09. The van der Waals surface area contributed by atoms with Gasteiger partial charge in [0.1, 0.15) is 6.29 Å². The van der Waals surface area contributed by atoms with Crippen LogP contribution in [0.5, 0.6) is 0 Å². The third-order valence-corrected chi connectivity index (χ3v) is 8.08. The Kier molecular flexibility index (Phi) is 5.59. The van der Waals surface area contributed by atoms with Crippen molar-refractivity contribution in [2.75, 3.05) is 0 Å². The van der Waals surface area contributed by atoms with Crippen molar-refractivity contribution in [3.05, 3.63) is 69.7 Å². The molecule has 1 aromatic carbocycles. The fraction of sp³-hybridized carbons (Fsp3) is 0.517. The minimum Gasteiger partial charge on any atom is -0.512 e. The maximum absolute atomic E-state index is 10.6. The number of allylic oxidation sites excluding steroid dienone is 2. The molecule has 0 atom stereocenters. The molecule has 2 aromatic rings. The van der Waals surface area contributed by atoms with Crippen molar-refractivity contribution in [3.8, 4) is 0 Å². The number of aryl methyl sites for hydroxylation is 1. The van der Waals surface area contributed by atoms with E-state index in [9.17, 15) is 9.90 Å². The number of aromatic nitrogens is 1. The Labute approximate surface area is 193 Å². The second-order valence-electron chi connectivity index (χ2n) is 11.3.